The van der Waals surface area contributed by atoms with Gasteiger partial charge < -0.3 is 0 Å². The minimum atomic E-state index is -3.50. The molecule has 0 fully saturated rings. The van der Waals surface area contributed by atoms with Crippen molar-refractivity contribution in [1.82, 2.24) is 14.1 Å². The number of nitrogens with zero attached hydrogens (tertiary/aromatic N) is 3. The van der Waals surface area contributed by atoms with E-state index in [-0.39, 0.29) is 4.90 Å². The van der Waals surface area contributed by atoms with Gasteiger partial charge in [0, 0.05) is 25.2 Å². The zero-order valence-electron chi connectivity index (χ0n) is 11.4. The number of hydrogen-bond donors (Lipinski definition) is 0. The highest BCUT2D eigenvalue weighted by atomic mass is 35.5. The molecule has 1 aromatic heterocycles. The van der Waals surface area contributed by atoms with Gasteiger partial charge in [0.1, 0.15) is 4.90 Å². The van der Waals surface area contributed by atoms with Crippen molar-refractivity contribution >= 4 is 21.6 Å². The number of rotatable bonds is 4. The van der Waals surface area contributed by atoms with Crippen LogP contribution in [-0.2, 0) is 29.5 Å². The van der Waals surface area contributed by atoms with Crippen LogP contribution in [0.25, 0.3) is 0 Å². The van der Waals surface area contributed by atoms with E-state index < -0.39 is 10.0 Å². The van der Waals surface area contributed by atoms with Crippen LogP contribution in [-0.4, -0.2) is 34.9 Å². The van der Waals surface area contributed by atoms with Gasteiger partial charge in [-0.3, -0.25) is 4.68 Å². The zero-order valence-corrected chi connectivity index (χ0v) is 13.0. The molecule has 7 heteroatoms. The van der Waals surface area contributed by atoms with Crippen LogP contribution in [0.4, 0.5) is 0 Å². The molecule has 1 aromatic carbocycles. The Morgan fingerprint density at radius 3 is 2.76 bits per heavy atom. The number of sulfonamides is 1. The minimum absolute atomic E-state index is 0.229. The number of aryl methyl sites for hydroxylation is 1. The molecule has 0 saturated carbocycles. The average molecular weight is 326 g/mol. The molecular weight excluding hydrogens is 310 g/mol. The Hall–Kier alpha value is -1.37. The van der Waals surface area contributed by atoms with E-state index >= 15 is 0 Å². The Kier molecular flexibility index (Phi) is 4.01. The quantitative estimate of drug-likeness (QED) is 0.806. The topological polar surface area (TPSA) is 55.2 Å². The monoisotopic (exact) mass is 325 g/mol. The molecule has 0 bridgehead atoms. The molecule has 0 amide bonds. The van der Waals surface area contributed by atoms with Crippen LogP contribution < -0.4 is 0 Å². The van der Waals surface area contributed by atoms with Gasteiger partial charge in [0.05, 0.1) is 12.7 Å². The molecular formula is C14H16ClN3O2S. The van der Waals surface area contributed by atoms with Crippen LogP contribution in [0.1, 0.15) is 11.1 Å². The zero-order chi connectivity index (χ0) is 14.9. The van der Waals surface area contributed by atoms with Crippen molar-refractivity contribution in [3.05, 3.63) is 47.8 Å². The summed E-state index contributed by atoms with van der Waals surface area (Å²) in [7, 11) is -3.50. The van der Waals surface area contributed by atoms with E-state index in [1.807, 2.05) is 18.2 Å². The highest BCUT2D eigenvalue weighted by molar-refractivity contribution is 7.89. The Labute approximate surface area is 129 Å². The first-order valence-corrected chi connectivity index (χ1v) is 8.74. The number of alkyl halides is 1. The third kappa shape index (κ3) is 2.84. The summed E-state index contributed by atoms with van der Waals surface area (Å²) in [5, 5.41) is 4.04. The molecule has 0 radical (unpaired) electrons. The van der Waals surface area contributed by atoms with E-state index in [9.17, 15) is 8.42 Å². The first kappa shape index (κ1) is 14.6. The molecule has 0 aliphatic carbocycles. The second-order valence-corrected chi connectivity index (χ2v) is 7.30. The number of halogens is 1. The largest absolute Gasteiger partial charge is 0.270 e. The van der Waals surface area contributed by atoms with Crippen LogP contribution >= 0.6 is 11.6 Å². The fourth-order valence-corrected chi connectivity index (χ4v) is 4.06. The summed E-state index contributed by atoms with van der Waals surface area (Å²) in [6.45, 7) is 1.42. The molecule has 0 spiro atoms. The molecule has 0 saturated heterocycles. The van der Waals surface area contributed by atoms with Gasteiger partial charge in [0.25, 0.3) is 0 Å². The predicted molar refractivity (Wildman–Crippen MR) is 80.7 cm³/mol. The number of benzene rings is 1. The number of aromatic nitrogens is 2. The standard InChI is InChI=1S/C14H16ClN3O2S/c15-6-8-17-11-14(9-16-17)21(19,20)18-7-5-12-3-1-2-4-13(12)10-18/h1-4,9,11H,5-8,10H2. The van der Waals surface area contributed by atoms with Gasteiger partial charge in [-0.25, -0.2) is 8.42 Å². The fourth-order valence-electron chi connectivity index (χ4n) is 2.51. The third-order valence-corrected chi connectivity index (χ3v) is 5.62. The molecule has 2 heterocycles. The van der Waals surface area contributed by atoms with Crippen molar-refractivity contribution in [3.8, 4) is 0 Å². The number of fused-ring (bicyclic) bond motifs is 1. The van der Waals surface area contributed by atoms with Crippen LogP contribution in [0, 0.1) is 0 Å². The SMILES string of the molecule is O=S(=O)(c1cnn(CCCl)c1)N1CCc2ccccc2C1. The summed E-state index contributed by atoms with van der Waals surface area (Å²) in [6.07, 6.45) is 3.67. The van der Waals surface area contributed by atoms with Gasteiger partial charge in [0.15, 0.2) is 0 Å². The third-order valence-electron chi connectivity index (χ3n) is 3.66. The minimum Gasteiger partial charge on any atom is -0.270 e. The summed E-state index contributed by atoms with van der Waals surface area (Å²) in [4.78, 5) is 0.229. The van der Waals surface area contributed by atoms with Crippen LogP contribution in [0.3, 0.4) is 0 Å². The lowest BCUT2D eigenvalue weighted by molar-refractivity contribution is 0.391. The average Bonchev–Trinajstić information content (AvgIpc) is 2.96. The summed E-state index contributed by atoms with van der Waals surface area (Å²) < 4.78 is 28.4. The van der Waals surface area contributed by atoms with Crippen molar-refractivity contribution < 1.29 is 8.42 Å². The van der Waals surface area contributed by atoms with Gasteiger partial charge >= 0.3 is 0 Å². The van der Waals surface area contributed by atoms with E-state index in [2.05, 4.69) is 11.2 Å². The lowest BCUT2D eigenvalue weighted by atomic mass is 10.0. The van der Waals surface area contributed by atoms with Crippen molar-refractivity contribution in [3.63, 3.8) is 0 Å². The maximum Gasteiger partial charge on any atom is 0.246 e. The molecule has 21 heavy (non-hydrogen) atoms. The van der Waals surface area contributed by atoms with Gasteiger partial charge in [-0.2, -0.15) is 9.40 Å². The van der Waals surface area contributed by atoms with Gasteiger partial charge in [0.2, 0.25) is 10.0 Å². The maximum atomic E-state index is 12.7. The molecule has 1 aliphatic rings. The highest BCUT2D eigenvalue weighted by Crippen LogP contribution is 2.24. The molecule has 0 unspecified atom stereocenters. The second kappa shape index (κ2) is 5.79. The first-order valence-electron chi connectivity index (χ1n) is 6.76. The van der Waals surface area contributed by atoms with Crippen molar-refractivity contribution in [2.24, 2.45) is 0 Å². The molecule has 0 N–H and O–H groups in total. The van der Waals surface area contributed by atoms with Crippen molar-refractivity contribution in [2.45, 2.75) is 24.4 Å². The fraction of sp³-hybridized carbons (Fsp3) is 0.357. The van der Waals surface area contributed by atoms with Crippen molar-refractivity contribution in [2.75, 3.05) is 12.4 Å². The van der Waals surface area contributed by atoms with E-state index in [1.54, 1.807) is 4.68 Å². The number of hydrogen-bond acceptors (Lipinski definition) is 3. The molecule has 5 nitrogen and oxygen atoms in total. The lowest BCUT2D eigenvalue weighted by Crippen LogP contribution is -2.35. The normalized spacial score (nSPS) is 15.9. The van der Waals surface area contributed by atoms with Crippen molar-refractivity contribution in [1.29, 1.82) is 0 Å². The molecule has 2 aromatic rings. The first-order chi connectivity index (χ1) is 10.1. The maximum absolute atomic E-state index is 12.7. The van der Waals surface area contributed by atoms with E-state index in [0.717, 1.165) is 12.0 Å². The van der Waals surface area contributed by atoms with Gasteiger partial charge in [-0.05, 0) is 17.5 Å². The van der Waals surface area contributed by atoms with E-state index in [1.165, 1.54) is 22.3 Å². The van der Waals surface area contributed by atoms with E-state index in [0.29, 0.717) is 25.5 Å². The highest BCUT2D eigenvalue weighted by Gasteiger charge is 2.29. The Bertz CT molecular complexity index is 742. The summed E-state index contributed by atoms with van der Waals surface area (Å²) >= 11 is 5.64. The second-order valence-electron chi connectivity index (χ2n) is 4.99. The molecule has 0 atom stereocenters. The van der Waals surface area contributed by atoms with E-state index in [4.69, 9.17) is 11.6 Å². The Balaban J connectivity index is 1.85. The summed E-state index contributed by atoms with van der Waals surface area (Å²) in [6, 6.07) is 7.96. The van der Waals surface area contributed by atoms with Crippen LogP contribution in [0.5, 0.6) is 0 Å². The molecule has 1 aliphatic heterocycles. The Morgan fingerprint density at radius 1 is 1.24 bits per heavy atom. The smallest absolute Gasteiger partial charge is 0.246 e. The Morgan fingerprint density at radius 2 is 2.00 bits per heavy atom. The molecule has 3 rings (SSSR count). The van der Waals surface area contributed by atoms with Gasteiger partial charge in [-0.1, -0.05) is 24.3 Å². The predicted octanol–water partition coefficient (Wildman–Crippen LogP) is 1.87. The van der Waals surface area contributed by atoms with Crippen LogP contribution in [0.2, 0.25) is 0 Å². The summed E-state index contributed by atoms with van der Waals surface area (Å²) in [5.41, 5.74) is 2.29. The van der Waals surface area contributed by atoms with Gasteiger partial charge in [-0.15, -0.1) is 11.6 Å². The lowest BCUT2D eigenvalue weighted by Gasteiger charge is -2.27. The summed E-state index contributed by atoms with van der Waals surface area (Å²) in [5.74, 6) is 0.401. The molecule has 112 valence electrons. The van der Waals surface area contributed by atoms with Crippen LogP contribution in [0.15, 0.2) is 41.6 Å².